The summed E-state index contributed by atoms with van der Waals surface area (Å²) in [5, 5.41) is 2.96. The SMILES string of the molecule is CCC(NCC(=O)OC)c1ccccc1F. The molecule has 1 unspecified atom stereocenters. The van der Waals surface area contributed by atoms with E-state index < -0.39 is 0 Å². The summed E-state index contributed by atoms with van der Waals surface area (Å²) in [6, 6.07) is 6.39. The van der Waals surface area contributed by atoms with Crippen LogP contribution in [0.4, 0.5) is 4.39 Å². The van der Waals surface area contributed by atoms with Crippen molar-refractivity contribution in [1.82, 2.24) is 5.32 Å². The molecule has 0 saturated heterocycles. The Balaban J connectivity index is 2.68. The zero-order chi connectivity index (χ0) is 12.0. The molecule has 0 radical (unpaired) electrons. The van der Waals surface area contributed by atoms with Gasteiger partial charge in [-0.05, 0) is 12.5 Å². The Kier molecular flexibility index (Phi) is 4.92. The quantitative estimate of drug-likeness (QED) is 0.779. The molecule has 0 heterocycles. The minimum absolute atomic E-state index is 0.0866. The molecule has 1 aromatic rings. The Morgan fingerprint density at radius 3 is 2.75 bits per heavy atom. The monoisotopic (exact) mass is 225 g/mol. The van der Waals surface area contributed by atoms with Gasteiger partial charge < -0.3 is 4.74 Å². The van der Waals surface area contributed by atoms with Crippen molar-refractivity contribution in [3.05, 3.63) is 35.6 Å². The van der Waals surface area contributed by atoms with Crippen molar-refractivity contribution >= 4 is 5.97 Å². The summed E-state index contributed by atoms with van der Waals surface area (Å²) >= 11 is 0. The van der Waals surface area contributed by atoms with E-state index in [9.17, 15) is 9.18 Å². The summed E-state index contributed by atoms with van der Waals surface area (Å²) in [5.74, 6) is -0.610. The number of halogens is 1. The lowest BCUT2D eigenvalue weighted by Crippen LogP contribution is -2.28. The van der Waals surface area contributed by atoms with Crippen LogP contribution in [0.3, 0.4) is 0 Å². The van der Waals surface area contributed by atoms with Crippen molar-refractivity contribution < 1.29 is 13.9 Å². The number of carbonyl (C=O) groups excluding carboxylic acids is 1. The third-order valence-corrected chi connectivity index (χ3v) is 2.41. The molecule has 0 aromatic heterocycles. The highest BCUT2D eigenvalue weighted by molar-refractivity contribution is 5.71. The van der Waals surface area contributed by atoms with E-state index in [0.29, 0.717) is 12.0 Å². The number of carbonyl (C=O) groups is 1. The number of benzene rings is 1. The lowest BCUT2D eigenvalue weighted by Gasteiger charge is -2.17. The molecule has 0 spiro atoms. The summed E-state index contributed by atoms with van der Waals surface area (Å²) in [5.41, 5.74) is 0.578. The van der Waals surface area contributed by atoms with Gasteiger partial charge in [0.25, 0.3) is 0 Å². The number of methoxy groups -OCH3 is 1. The Morgan fingerprint density at radius 2 is 2.19 bits per heavy atom. The summed E-state index contributed by atoms with van der Waals surface area (Å²) < 4.78 is 18.0. The fourth-order valence-corrected chi connectivity index (χ4v) is 1.51. The largest absolute Gasteiger partial charge is 0.468 e. The van der Waals surface area contributed by atoms with Crippen LogP contribution in [0.1, 0.15) is 24.9 Å². The minimum Gasteiger partial charge on any atom is -0.468 e. The topological polar surface area (TPSA) is 38.3 Å². The van der Waals surface area contributed by atoms with Gasteiger partial charge in [0.05, 0.1) is 13.7 Å². The maximum Gasteiger partial charge on any atom is 0.319 e. The van der Waals surface area contributed by atoms with Gasteiger partial charge in [-0.1, -0.05) is 25.1 Å². The van der Waals surface area contributed by atoms with Crippen molar-refractivity contribution in [2.24, 2.45) is 0 Å². The number of nitrogens with one attached hydrogen (secondary N) is 1. The van der Waals surface area contributed by atoms with Crippen LogP contribution >= 0.6 is 0 Å². The van der Waals surface area contributed by atoms with E-state index in [0.717, 1.165) is 0 Å². The molecule has 88 valence electrons. The van der Waals surface area contributed by atoms with Gasteiger partial charge in [-0.15, -0.1) is 0 Å². The first-order valence-corrected chi connectivity index (χ1v) is 5.23. The third-order valence-electron chi connectivity index (χ3n) is 2.41. The lowest BCUT2D eigenvalue weighted by atomic mass is 10.0. The Hall–Kier alpha value is -1.42. The van der Waals surface area contributed by atoms with Gasteiger partial charge in [0.1, 0.15) is 5.82 Å². The third kappa shape index (κ3) is 3.31. The Labute approximate surface area is 94.6 Å². The van der Waals surface area contributed by atoms with Gasteiger partial charge in [0, 0.05) is 11.6 Å². The molecule has 4 heteroatoms. The van der Waals surface area contributed by atoms with E-state index in [2.05, 4.69) is 10.1 Å². The highest BCUT2D eigenvalue weighted by Gasteiger charge is 2.14. The van der Waals surface area contributed by atoms with Crippen LogP contribution < -0.4 is 5.32 Å². The predicted molar refractivity (Wildman–Crippen MR) is 59.5 cm³/mol. The normalized spacial score (nSPS) is 12.2. The van der Waals surface area contributed by atoms with Crippen LogP contribution in [0.15, 0.2) is 24.3 Å². The summed E-state index contributed by atoms with van der Waals surface area (Å²) in [6.07, 6.45) is 0.706. The molecule has 0 aliphatic rings. The van der Waals surface area contributed by atoms with E-state index in [1.54, 1.807) is 18.2 Å². The molecule has 0 aliphatic heterocycles. The Bertz CT molecular complexity index is 355. The molecule has 1 N–H and O–H groups in total. The molecule has 0 bridgehead atoms. The average molecular weight is 225 g/mol. The molecule has 16 heavy (non-hydrogen) atoms. The predicted octanol–water partition coefficient (Wildman–Crippen LogP) is 2.04. The smallest absolute Gasteiger partial charge is 0.319 e. The highest BCUT2D eigenvalue weighted by Crippen LogP contribution is 2.19. The van der Waals surface area contributed by atoms with Gasteiger partial charge >= 0.3 is 5.97 Å². The Morgan fingerprint density at radius 1 is 1.50 bits per heavy atom. The van der Waals surface area contributed by atoms with Gasteiger partial charge in [-0.25, -0.2) is 4.39 Å². The van der Waals surface area contributed by atoms with E-state index in [-0.39, 0.29) is 24.4 Å². The summed E-state index contributed by atoms with van der Waals surface area (Å²) in [6.45, 7) is 2.02. The maximum atomic E-state index is 13.5. The van der Waals surface area contributed by atoms with Crippen molar-refractivity contribution in [1.29, 1.82) is 0 Å². The number of hydrogen-bond acceptors (Lipinski definition) is 3. The molecule has 1 aromatic carbocycles. The second kappa shape index (κ2) is 6.23. The second-order valence-electron chi connectivity index (χ2n) is 3.44. The molecule has 1 atom stereocenters. The lowest BCUT2D eigenvalue weighted by molar-refractivity contribution is -0.139. The van der Waals surface area contributed by atoms with Crippen molar-refractivity contribution in [3.8, 4) is 0 Å². The van der Waals surface area contributed by atoms with Crippen molar-refractivity contribution in [2.75, 3.05) is 13.7 Å². The van der Waals surface area contributed by atoms with E-state index in [1.165, 1.54) is 13.2 Å². The van der Waals surface area contributed by atoms with Crippen LogP contribution in [0.2, 0.25) is 0 Å². The van der Waals surface area contributed by atoms with Crippen LogP contribution in [-0.2, 0) is 9.53 Å². The minimum atomic E-state index is -0.352. The van der Waals surface area contributed by atoms with Crippen molar-refractivity contribution in [2.45, 2.75) is 19.4 Å². The average Bonchev–Trinajstić information content (AvgIpc) is 2.31. The number of hydrogen-bond donors (Lipinski definition) is 1. The number of rotatable bonds is 5. The standard InChI is InChI=1S/C12H16FNO2/c1-3-11(14-8-12(15)16-2)9-6-4-5-7-10(9)13/h4-7,11,14H,3,8H2,1-2H3. The first-order chi connectivity index (χ1) is 7.69. The molecule has 1 rings (SSSR count). The zero-order valence-electron chi connectivity index (χ0n) is 9.50. The molecule has 0 amide bonds. The first kappa shape index (κ1) is 12.6. The van der Waals surface area contributed by atoms with E-state index in [1.807, 2.05) is 6.92 Å². The van der Waals surface area contributed by atoms with Gasteiger partial charge in [0.2, 0.25) is 0 Å². The summed E-state index contributed by atoms with van der Waals surface area (Å²) in [4.78, 5) is 11.0. The first-order valence-electron chi connectivity index (χ1n) is 5.23. The maximum absolute atomic E-state index is 13.5. The molecule has 0 aliphatic carbocycles. The van der Waals surface area contributed by atoms with E-state index in [4.69, 9.17) is 0 Å². The molecule has 0 saturated carbocycles. The van der Waals surface area contributed by atoms with Crippen LogP contribution in [0.25, 0.3) is 0 Å². The van der Waals surface area contributed by atoms with Gasteiger partial charge in [-0.2, -0.15) is 0 Å². The molecule has 0 fully saturated rings. The molecule has 3 nitrogen and oxygen atoms in total. The van der Waals surface area contributed by atoms with E-state index >= 15 is 0 Å². The van der Waals surface area contributed by atoms with Crippen molar-refractivity contribution in [3.63, 3.8) is 0 Å². The van der Waals surface area contributed by atoms with Gasteiger partial charge in [0.15, 0.2) is 0 Å². The highest BCUT2D eigenvalue weighted by atomic mass is 19.1. The fraction of sp³-hybridized carbons (Fsp3) is 0.417. The summed E-state index contributed by atoms with van der Waals surface area (Å²) in [7, 11) is 1.33. The van der Waals surface area contributed by atoms with Crippen LogP contribution in [-0.4, -0.2) is 19.6 Å². The number of ether oxygens (including phenoxy) is 1. The van der Waals surface area contributed by atoms with Crippen LogP contribution in [0.5, 0.6) is 0 Å². The van der Waals surface area contributed by atoms with Crippen LogP contribution in [0, 0.1) is 5.82 Å². The fourth-order valence-electron chi connectivity index (χ4n) is 1.51. The second-order valence-corrected chi connectivity index (χ2v) is 3.44. The molecular formula is C12H16FNO2. The zero-order valence-corrected chi connectivity index (χ0v) is 9.50. The number of esters is 1. The van der Waals surface area contributed by atoms with Gasteiger partial charge in [-0.3, -0.25) is 10.1 Å². The molecular weight excluding hydrogens is 209 g/mol.